The zero-order valence-corrected chi connectivity index (χ0v) is 10.3. The fourth-order valence-electron chi connectivity index (χ4n) is 0. The molecule has 0 N–H and O–H groups in total. The Morgan fingerprint density at radius 2 is 1.20 bits per heavy atom. The summed E-state index contributed by atoms with van der Waals surface area (Å²) >= 11 is 0. The molecule has 0 spiro atoms. The molecule has 0 saturated heterocycles. The maximum Gasteiger partial charge on any atom is 2.00 e. The summed E-state index contributed by atoms with van der Waals surface area (Å²) in [6.07, 6.45) is 0. The summed E-state index contributed by atoms with van der Waals surface area (Å²) in [4.78, 5) is 0. The van der Waals surface area contributed by atoms with E-state index >= 15 is 0 Å². The van der Waals surface area contributed by atoms with E-state index in [0.29, 0.717) is 0 Å². The van der Waals surface area contributed by atoms with Crippen LogP contribution in [0.5, 0.6) is 0 Å². The molecular formula is H7AlCaMgMnZn. The Balaban J connectivity index is 0. The summed E-state index contributed by atoms with van der Waals surface area (Å²) in [5.41, 5.74) is 0. The molecule has 5 heteroatoms. The van der Waals surface area contributed by atoms with Crippen LogP contribution in [0.1, 0.15) is 5.71 Å². The normalized spacial score (nSPS) is 0. The molecule has 0 aliphatic rings. The van der Waals surface area contributed by atoms with E-state index in [4.69, 9.17) is 0 Å². The fourth-order valence-corrected chi connectivity index (χ4v) is 0. The third kappa shape index (κ3) is 18.3. The average Bonchev–Trinajstić information content (AvgIpc) is 0. The molecule has 0 aliphatic carbocycles. The molecule has 5 heavy (non-hydrogen) atoms. The van der Waals surface area contributed by atoms with Gasteiger partial charge in [-0.1, -0.05) is 0 Å². The van der Waals surface area contributed by atoms with Crippen molar-refractivity contribution in [1.29, 1.82) is 0 Å². The van der Waals surface area contributed by atoms with Gasteiger partial charge in [0.25, 0.3) is 0 Å². The van der Waals surface area contributed by atoms with Gasteiger partial charge in [-0.05, 0) is 0 Å². The standard InChI is InChI=1S/Al.Ca.Mg.Mn.Zn.7H/q;2*+2;;;;;;4*-1. The van der Waals surface area contributed by atoms with Gasteiger partial charge in [0.2, 0.25) is 0 Å². The minimum atomic E-state index is 0. The van der Waals surface area contributed by atoms with Gasteiger partial charge in [-0.25, -0.2) is 0 Å². The zero-order valence-electron chi connectivity index (χ0n) is 6.50. The minimum Gasteiger partial charge on any atom is -1.00 e. The first kappa shape index (κ1) is 37.7. The molecule has 0 atom stereocenters. The van der Waals surface area contributed by atoms with E-state index in [9.17, 15) is 0 Å². The Hall–Kier alpha value is 3.70. The van der Waals surface area contributed by atoms with Gasteiger partial charge in [0.05, 0.1) is 0 Å². The summed E-state index contributed by atoms with van der Waals surface area (Å²) in [5, 5.41) is 0. The Bertz CT molecular complexity index is 20.5. The molecule has 0 nitrogen and oxygen atoms in total. The fraction of sp³-hybridized carbons (Fsp3) is 0. The summed E-state index contributed by atoms with van der Waals surface area (Å²) in [5.74, 6) is 0. The minimum absolute atomic E-state index is 0. The molecule has 0 aliphatic heterocycles. The summed E-state index contributed by atoms with van der Waals surface area (Å²) in [6.45, 7) is 0. The number of rotatable bonds is 0. The molecule has 0 aromatic rings. The summed E-state index contributed by atoms with van der Waals surface area (Å²) in [6, 6.07) is 0. The molecule has 0 aromatic carbocycles. The first-order valence-electron chi connectivity index (χ1n) is 0. The molecule has 0 rings (SSSR count). The van der Waals surface area contributed by atoms with E-state index in [2.05, 4.69) is 0 Å². The van der Waals surface area contributed by atoms with Crippen molar-refractivity contribution >= 4 is 78.2 Å². The molecule has 0 bridgehead atoms. The van der Waals surface area contributed by atoms with Crippen molar-refractivity contribution in [1.82, 2.24) is 0 Å². The molecule has 0 heterocycles. The second kappa shape index (κ2) is 25.2. The smallest absolute Gasteiger partial charge is 1.00 e. The van der Waals surface area contributed by atoms with Crippen LogP contribution in [-0.2, 0) is 36.5 Å². The van der Waals surface area contributed by atoms with Gasteiger partial charge in [-0.2, -0.15) is 0 Å². The van der Waals surface area contributed by atoms with Gasteiger partial charge < -0.3 is 5.71 Å². The van der Waals surface area contributed by atoms with Crippen LogP contribution in [0, 0.1) is 0 Å². The van der Waals surface area contributed by atoms with Crippen molar-refractivity contribution in [3.8, 4) is 0 Å². The second-order valence-corrected chi connectivity index (χ2v) is 0. The van der Waals surface area contributed by atoms with Gasteiger partial charge in [0.1, 0.15) is 0 Å². The van der Waals surface area contributed by atoms with E-state index < -0.39 is 0 Å². The SMILES string of the molecule is [AlH3].[Ca+2].[H-].[H-].[H-].[H-].[Mg+2].[Mn].[Zn]. The Morgan fingerprint density at radius 1 is 1.20 bits per heavy atom. The van der Waals surface area contributed by atoms with Crippen LogP contribution in [0.15, 0.2) is 0 Å². The van der Waals surface area contributed by atoms with E-state index in [1.165, 1.54) is 0 Å². The molecule has 0 amide bonds. The molecule has 1 radical (unpaired) electrons. The maximum atomic E-state index is 0. The van der Waals surface area contributed by atoms with Crippen molar-refractivity contribution in [2.24, 2.45) is 0 Å². The number of hydrogen-bond acceptors (Lipinski definition) is 0. The van der Waals surface area contributed by atoms with Crippen LogP contribution in [0.4, 0.5) is 0 Å². The van der Waals surface area contributed by atoms with Crippen LogP contribution in [0.2, 0.25) is 0 Å². The third-order valence-corrected chi connectivity index (χ3v) is 0. The van der Waals surface area contributed by atoms with Crippen molar-refractivity contribution < 1.29 is 42.3 Å². The first-order valence-corrected chi connectivity index (χ1v) is 0. The Kier molecular flexibility index (Phi) is 190. The van der Waals surface area contributed by atoms with Crippen molar-refractivity contribution in [2.45, 2.75) is 0 Å². The van der Waals surface area contributed by atoms with E-state index in [-0.39, 0.29) is 120 Å². The monoisotopic (exact) mass is 217 g/mol. The molecule has 0 unspecified atom stereocenters. The maximum absolute atomic E-state index is 0. The summed E-state index contributed by atoms with van der Waals surface area (Å²) < 4.78 is 0. The zero-order chi connectivity index (χ0) is 0. The Labute approximate surface area is 118 Å². The van der Waals surface area contributed by atoms with Crippen molar-refractivity contribution in [3.05, 3.63) is 0 Å². The topological polar surface area (TPSA) is 0 Å². The predicted octanol–water partition coefficient (Wildman–Crippen LogP) is -1.50. The van der Waals surface area contributed by atoms with E-state index in [1.54, 1.807) is 0 Å². The van der Waals surface area contributed by atoms with Crippen LogP contribution in [0.3, 0.4) is 0 Å². The second-order valence-electron chi connectivity index (χ2n) is 0. The predicted molar refractivity (Wildman–Crippen MR) is 25.9 cm³/mol. The van der Waals surface area contributed by atoms with Crippen molar-refractivity contribution in [2.75, 3.05) is 0 Å². The molecule has 0 saturated carbocycles. The Morgan fingerprint density at radius 3 is 1.20 bits per heavy atom. The van der Waals surface area contributed by atoms with Gasteiger partial charge in [0.15, 0.2) is 17.4 Å². The molecule has 23 valence electrons. The van der Waals surface area contributed by atoms with Gasteiger partial charge >= 0.3 is 60.8 Å². The average molecular weight is 219 g/mol. The van der Waals surface area contributed by atoms with Crippen LogP contribution in [0.25, 0.3) is 0 Å². The van der Waals surface area contributed by atoms with Crippen molar-refractivity contribution in [3.63, 3.8) is 0 Å². The van der Waals surface area contributed by atoms with Gasteiger partial charge in [-0.3, -0.25) is 0 Å². The molecular weight excluding hydrogens is 212 g/mol. The quantitative estimate of drug-likeness (QED) is 0.435. The largest absolute Gasteiger partial charge is 2.00 e. The van der Waals surface area contributed by atoms with E-state index in [0.717, 1.165) is 0 Å². The van der Waals surface area contributed by atoms with Crippen LogP contribution in [-0.4, -0.2) is 78.2 Å². The van der Waals surface area contributed by atoms with Gasteiger partial charge in [0, 0.05) is 36.5 Å². The van der Waals surface area contributed by atoms with Crippen LogP contribution < -0.4 is 0 Å². The molecule has 0 fully saturated rings. The molecule has 0 aromatic heterocycles. The van der Waals surface area contributed by atoms with Gasteiger partial charge in [-0.15, -0.1) is 0 Å². The number of hydrogen-bond donors (Lipinski definition) is 0. The summed E-state index contributed by atoms with van der Waals surface area (Å²) in [7, 11) is 0. The van der Waals surface area contributed by atoms with Crippen LogP contribution >= 0.6 is 0 Å². The third-order valence-electron chi connectivity index (χ3n) is 0. The first-order chi connectivity index (χ1) is 0. The van der Waals surface area contributed by atoms with E-state index in [1.807, 2.05) is 0 Å².